The van der Waals surface area contributed by atoms with Crippen LogP contribution in [-0.2, 0) is 17.8 Å². The number of para-hydroxylation sites is 1. The second-order valence-electron chi connectivity index (χ2n) is 6.20. The van der Waals surface area contributed by atoms with Crippen molar-refractivity contribution in [1.29, 1.82) is 0 Å². The lowest BCUT2D eigenvalue weighted by Gasteiger charge is -2.19. The minimum atomic E-state index is 0.0852. The van der Waals surface area contributed by atoms with Crippen LogP contribution >= 0.6 is 15.9 Å². The van der Waals surface area contributed by atoms with Gasteiger partial charge in [0.2, 0.25) is 5.91 Å². The van der Waals surface area contributed by atoms with Crippen LogP contribution in [-0.4, -0.2) is 29.9 Å². The van der Waals surface area contributed by atoms with Gasteiger partial charge < -0.3 is 9.64 Å². The van der Waals surface area contributed by atoms with Gasteiger partial charge in [0.05, 0.1) is 12.6 Å². The summed E-state index contributed by atoms with van der Waals surface area (Å²) in [5.41, 5.74) is 2.87. The molecule has 0 aliphatic carbocycles. The fraction of sp³-hybridized carbons (Fsp3) is 0.238. The highest BCUT2D eigenvalue weighted by molar-refractivity contribution is 9.10. The van der Waals surface area contributed by atoms with Crippen LogP contribution in [0.2, 0.25) is 0 Å². The predicted octanol–water partition coefficient (Wildman–Crippen LogP) is 4.60. The average molecular weight is 413 g/mol. The quantitative estimate of drug-likeness (QED) is 0.594. The molecule has 0 atom stereocenters. The Balaban J connectivity index is 1.63. The van der Waals surface area contributed by atoms with Crippen LogP contribution in [0.5, 0.6) is 5.75 Å². The van der Waals surface area contributed by atoms with Crippen LogP contribution in [0.1, 0.15) is 17.7 Å². The van der Waals surface area contributed by atoms with Gasteiger partial charge in [-0.05, 0) is 36.8 Å². The first-order valence-electron chi connectivity index (χ1n) is 8.48. The summed E-state index contributed by atoms with van der Waals surface area (Å²) in [5.74, 6) is 0.867. The number of carbonyl (C=O) groups excluding carboxylic acids is 1. The Bertz CT molecular complexity index is 927. The van der Waals surface area contributed by atoms with Gasteiger partial charge in [0.1, 0.15) is 5.75 Å². The molecule has 0 saturated carbocycles. The molecule has 1 aromatic heterocycles. The first kappa shape index (κ1) is 18.4. The molecule has 1 amide bonds. The van der Waals surface area contributed by atoms with Crippen LogP contribution in [0, 0.1) is 0 Å². The Morgan fingerprint density at radius 1 is 1.15 bits per heavy atom. The Kier molecular flexibility index (Phi) is 5.89. The third-order valence-electron chi connectivity index (χ3n) is 4.33. The van der Waals surface area contributed by atoms with E-state index in [4.69, 9.17) is 4.74 Å². The lowest BCUT2D eigenvalue weighted by molar-refractivity contribution is -0.130. The fourth-order valence-corrected chi connectivity index (χ4v) is 3.30. The van der Waals surface area contributed by atoms with Crippen LogP contribution in [0.4, 0.5) is 0 Å². The van der Waals surface area contributed by atoms with E-state index in [-0.39, 0.29) is 5.91 Å². The highest BCUT2D eigenvalue weighted by Gasteiger charge is 2.13. The molecule has 0 saturated heterocycles. The molecule has 0 N–H and O–H groups in total. The fourth-order valence-electron chi connectivity index (χ4n) is 2.89. The number of halogens is 1. The molecule has 2 aromatic carbocycles. The summed E-state index contributed by atoms with van der Waals surface area (Å²) in [7, 11) is 3.45. The van der Waals surface area contributed by atoms with E-state index >= 15 is 0 Å². The Morgan fingerprint density at radius 3 is 2.77 bits per heavy atom. The number of hydrogen-bond donors (Lipinski definition) is 0. The molecule has 0 spiro atoms. The summed E-state index contributed by atoms with van der Waals surface area (Å²) in [6.45, 7) is 0.507. The highest BCUT2D eigenvalue weighted by atomic mass is 79.9. The number of fused-ring (bicyclic) bond motifs is 1. The number of hydrogen-bond acceptors (Lipinski definition) is 3. The lowest BCUT2D eigenvalue weighted by atomic mass is 10.1. The second kappa shape index (κ2) is 8.32. The van der Waals surface area contributed by atoms with E-state index in [1.54, 1.807) is 12.0 Å². The maximum atomic E-state index is 12.5. The van der Waals surface area contributed by atoms with Gasteiger partial charge in [-0.3, -0.25) is 9.78 Å². The zero-order chi connectivity index (χ0) is 18.5. The zero-order valence-corrected chi connectivity index (χ0v) is 16.5. The maximum absolute atomic E-state index is 12.5. The summed E-state index contributed by atoms with van der Waals surface area (Å²) in [4.78, 5) is 18.9. The smallest absolute Gasteiger partial charge is 0.223 e. The number of methoxy groups -OCH3 is 1. The van der Waals surface area contributed by atoms with E-state index in [1.807, 2.05) is 55.6 Å². The van der Waals surface area contributed by atoms with Crippen molar-refractivity contribution in [2.45, 2.75) is 19.4 Å². The number of aromatic nitrogens is 1. The molecule has 26 heavy (non-hydrogen) atoms. The van der Waals surface area contributed by atoms with Gasteiger partial charge in [-0.2, -0.15) is 0 Å². The SMILES string of the molecule is COc1ccc(Br)cc1CN(C)C(=O)CCc1ccc2ccccc2n1. The van der Waals surface area contributed by atoms with Gasteiger partial charge in [0.25, 0.3) is 0 Å². The summed E-state index contributed by atoms with van der Waals surface area (Å²) < 4.78 is 6.35. The molecular formula is C21H21BrN2O2. The van der Waals surface area contributed by atoms with Crippen molar-refractivity contribution in [2.75, 3.05) is 14.2 Å². The van der Waals surface area contributed by atoms with Crippen LogP contribution in [0.25, 0.3) is 10.9 Å². The molecule has 1 heterocycles. The van der Waals surface area contributed by atoms with E-state index in [2.05, 4.69) is 27.0 Å². The first-order valence-corrected chi connectivity index (χ1v) is 9.27. The Labute approximate surface area is 161 Å². The summed E-state index contributed by atoms with van der Waals surface area (Å²) in [5, 5.41) is 1.11. The molecular weight excluding hydrogens is 392 g/mol. The predicted molar refractivity (Wildman–Crippen MR) is 107 cm³/mol. The number of ether oxygens (including phenoxy) is 1. The largest absolute Gasteiger partial charge is 0.496 e. The molecule has 4 nitrogen and oxygen atoms in total. The van der Waals surface area contributed by atoms with E-state index in [0.717, 1.165) is 32.4 Å². The van der Waals surface area contributed by atoms with Gasteiger partial charge in [0.15, 0.2) is 0 Å². The van der Waals surface area contributed by atoms with Crippen molar-refractivity contribution < 1.29 is 9.53 Å². The van der Waals surface area contributed by atoms with E-state index in [9.17, 15) is 4.79 Å². The van der Waals surface area contributed by atoms with Crippen LogP contribution < -0.4 is 4.74 Å². The molecule has 3 aromatic rings. The minimum absolute atomic E-state index is 0.0852. The van der Waals surface area contributed by atoms with E-state index < -0.39 is 0 Å². The molecule has 0 aliphatic rings. The number of amides is 1. The van der Waals surface area contributed by atoms with Gasteiger partial charge in [-0.15, -0.1) is 0 Å². The molecule has 3 rings (SSSR count). The van der Waals surface area contributed by atoms with Gasteiger partial charge in [0, 0.05) is 41.1 Å². The highest BCUT2D eigenvalue weighted by Crippen LogP contribution is 2.24. The van der Waals surface area contributed by atoms with Crippen molar-refractivity contribution >= 4 is 32.7 Å². The standard InChI is InChI=1S/C21H21BrN2O2/c1-24(14-16-13-17(22)8-11-20(16)26-2)21(25)12-10-18-9-7-15-5-3-4-6-19(15)23-18/h3-9,11,13H,10,12,14H2,1-2H3. The number of aryl methyl sites for hydroxylation is 1. The van der Waals surface area contributed by atoms with Crippen LogP contribution in [0.3, 0.4) is 0 Å². The number of rotatable bonds is 6. The van der Waals surface area contributed by atoms with Crippen molar-refractivity contribution in [3.8, 4) is 5.75 Å². The lowest BCUT2D eigenvalue weighted by Crippen LogP contribution is -2.26. The first-order chi connectivity index (χ1) is 12.6. The van der Waals surface area contributed by atoms with Crippen LogP contribution in [0.15, 0.2) is 59.1 Å². The summed E-state index contributed by atoms with van der Waals surface area (Å²) >= 11 is 3.47. The maximum Gasteiger partial charge on any atom is 0.223 e. The number of benzene rings is 2. The summed E-state index contributed by atoms with van der Waals surface area (Å²) in [6.07, 6.45) is 1.06. The summed E-state index contributed by atoms with van der Waals surface area (Å²) in [6, 6.07) is 17.9. The van der Waals surface area contributed by atoms with E-state index in [1.165, 1.54) is 0 Å². The topological polar surface area (TPSA) is 42.4 Å². The second-order valence-corrected chi connectivity index (χ2v) is 7.12. The molecule has 0 radical (unpaired) electrons. The molecule has 134 valence electrons. The van der Waals surface area contributed by atoms with Crippen molar-refractivity contribution in [1.82, 2.24) is 9.88 Å². The zero-order valence-electron chi connectivity index (χ0n) is 14.9. The molecule has 0 aliphatic heterocycles. The van der Waals surface area contributed by atoms with Crippen molar-refractivity contribution in [3.05, 3.63) is 70.3 Å². The molecule has 5 heteroatoms. The van der Waals surface area contributed by atoms with Gasteiger partial charge in [-0.1, -0.05) is 40.2 Å². The normalized spacial score (nSPS) is 10.7. The number of nitrogens with zero attached hydrogens (tertiary/aromatic N) is 2. The van der Waals surface area contributed by atoms with Crippen molar-refractivity contribution in [2.24, 2.45) is 0 Å². The number of carbonyl (C=O) groups is 1. The third kappa shape index (κ3) is 4.41. The van der Waals surface area contributed by atoms with Gasteiger partial charge >= 0.3 is 0 Å². The average Bonchev–Trinajstić information content (AvgIpc) is 2.66. The molecule has 0 bridgehead atoms. The van der Waals surface area contributed by atoms with E-state index in [0.29, 0.717) is 19.4 Å². The Morgan fingerprint density at radius 2 is 1.96 bits per heavy atom. The minimum Gasteiger partial charge on any atom is -0.496 e. The molecule has 0 fully saturated rings. The number of pyridine rings is 1. The monoisotopic (exact) mass is 412 g/mol. The van der Waals surface area contributed by atoms with Crippen molar-refractivity contribution in [3.63, 3.8) is 0 Å². The van der Waals surface area contributed by atoms with Gasteiger partial charge in [-0.25, -0.2) is 0 Å². The Hall–Kier alpha value is -2.40. The molecule has 0 unspecified atom stereocenters. The third-order valence-corrected chi connectivity index (χ3v) is 4.82.